The fourth-order valence-electron chi connectivity index (χ4n) is 2.23. The number of ether oxygens (including phenoxy) is 1. The van der Waals surface area contributed by atoms with Gasteiger partial charge in [0.15, 0.2) is 9.84 Å². The lowest BCUT2D eigenvalue weighted by atomic mass is 10.3. The van der Waals surface area contributed by atoms with Gasteiger partial charge < -0.3 is 9.30 Å². The number of nitrogens with zero attached hydrogens (tertiary/aromatic N) is 2. The second kappa shape index (κ2) is 4.70. The number of aromatic nitrogens is 2. The normalized spacial score (nSPS) is 12.2. The summed E-state index contributed by atoms with van der Waals surface area (Å²) in [6.07, 6.45) is 4.53. The van der Waals surface area contributed by atoms with Crippen LogP contribution in [0.1, 0.15) is 5.69 Å². The van der Waals surface area contributed by atoms with Crippen LogP contribution in [0, 0.1) is 6.92 Å². The molecule has 0 saturated heterocycles. The Bertz CT molecular complexity index is 674. The summed E-state index contributed by atoms with van der Waals surface area (Å²) < 4.78 is 30.8. The third-order valence-electron chi connectivity index (χ3n) is 2.96. The summed E-state index contributed by atoms with van der Waals surface area (Å²) in [4.78, 5) is 4.45. The quantitative estimate of drug-likeness (QED) is 0.841. The summed E-state index contributed by atoms with van der Waals surface area (Å²) in [7, 11) is -1.63. The summed E-state index contributed by atoms with van der Waals surface area (Å²) in [5.74, 6) is 0. The topological polar surface area (TPSA) is 61.2 Å². The van der Waals surface area contributed by atoms with E-state index < -0.39 is 9.84 Å². The first-order valence-electron chi connectivity index (χ1n) is 5.58. The van der Waals surface area contributed by atoms with E-state index in [1.807, 2.05) is 11.5 Å². The molecule has 0 fully saturated rings. The first kappa shape index (κ1) is 13.0. The summed E-state index contributed by atoms with van der Waals surface area (Å²) in [6, 6.07) is 1.74. The van der Waals surface area contributed by atoms with Crippen molar-refractivity contribution in [1.29, 1.82) is 0 Å². The summed E-state index contributed by atoms with van der Waals surface area (Å²) in [5, 5.41) is 0.723. The second-order valence-electron chi connectivity index (χ2n) is 4.22. The molecular formula is C12H16N2O3S. The Morgan fingerprint density at radius 1 is 1.44 bits per heavy atom. The van der Waals surface area contributed by atoms with Crippen molar-refractivity contribution in [3.05, 3.63) is 24.2 Å². The Labute approximate surface area is 106 Å². The lowest BCUT2D eigenvalue weighted by molar-refractivity contribution is 0.188. The van der Waals surface area contributed by atoms with Gasteiger partial charge in [0, 0.05) is 37.2 Å². The highest BCUT2D eigenvalue weighted by Crippen LogP contribution is 2.28. The van der Waals surface area contributed by atoms with Gasteiger partial charge in [0.25, 0.3) is 0 Å². The SMILES string of the molecule is COCCn1c(C)c(S(C)(=O)=O)c2ccncc21. The van der Waals surface area contributed by atoms with Gasteiger partial charge in [-0.1, -0.05) is 0 Å². The number of rotatable bonds is 4. The van der Waals surface area contributed by atoms with Gasteiger partial charge in [-0.15, -0.1) is 0 Å². The van der Waals surface area contributed by atoms with E-state index >= 15 is 0 Å². The minimum atomic E-state index is -3.25. The lowest BCUT2D eigenvalue weighted by Gasteiger charge is -2.07. The van der Waals surface area contributed by atoms with Crippen molar-refractivity contribution in [2.75, 3.05) is 20.0 Å². The molecule has 0 atom stereocenters. The largest absolute Gasteiger partial charge is 0.383 e. The van der Waals surface area contributed by atoms with Crippen molar-refractivity contribution in [3.63, 3.8) is 0 Å². The molecule has 0 spiro atoms. The molecule has 0 aliphatic carbocycles. The third kappa shape index (κ3) is 2.13. The first-order chi connectivity index (χ1) is 8.46. The van der Waals surface area contributed by atoms with Gasteiger partial charge in [-0.3, -0.25) is 4.98 Å². The van der Waals surface area contributed by atoms with Gasteiger partial charge >= 0.3 is 0 Å². The van der Waals surface area contributed by atoms with Crippen LogP contribution in [0.2, 0.25) is 0 Å². The zero-order chi connectivity index (χ0) is 13.3. The van der Waals surface area contributed by atoms with E-state index in [1.165, 1.54) is 6.26 Å². The van der Waals surface area contributed by atoms with E-state index in [2.05, 4.69) is 4.98 Å². The zero-order valence-corrected chi connectivity index (χ0v) is 11.5. The van der Waals surface area contributed by atoms with Crippen LogP contribution in [-0.2, 0) is 21.1 Å². The number of fused-ring (bicyclic) bond motifs is 1. The van der Waals surface area contributed by atoms with Crippen molar-refractivity contribution in [1.82, 2.24) is 9.55 Å². The molecule has 0 aromatic carbocycles. The maximum Gasteiger partial charge on any atom is 0.177 e. The highest BCUT2D eigenvalue weighted by Gasteiger charge is 2.21. The van der Waals surface area contributed by atoms with Crippen LogP contribution in [-0.4, -0.2) is 37.9 Å². The van der Waals surface area contributed by atoms with Crippen LogP contribution < -0.4 is 0 Å². The molecule has 5 nitrogen and oxygen atoms in total. The minimum Gasteiger partial charge on any atom is -0.383 e. The van der Waals surface area contributed by atoms with Crippen LogP contribution >= 0.6 is 0 Å². The van der Waals surface area contributed by atoms with Crippen molar-refractivity contribution in [3.8, 4) is 0 Å². The number of hydrogen-bond donors (Lipinski definition) is 0. The van der Waals surface area contributed by atoms with Crippen molar-refractivity contribution in [2.24, 2.45) is 0 Å². The average Bonchev–Trinajstić information content (AvgIpc) is 2.58. The van der Waals surface area contributed by atoms with Gasteiger partial charge in [0.2, 0.25) is 0 Å². The molecule has 0 saturated carbocycles. The molecule has 6 heteroatoms. The molecule has 0 unspecified atom stereocenters. The monoisotopic (exact) mass is 268 g/mol. The molecule has 0 amide bonds. The van der Waals surface area contributed by atoms with Crippen molar-refractivity contribution >= 4 is 20.7 Å². The van der Waals surface area contributed by atoms with E-state index in [1.54, 1.807) is 25.6 Å². The molecule has 2 rings (SSSR count). The molecule has 0 aliphatic rings. The predicted octanol–water partition coefficient (Wildman–Crippen LogP) is 1.39. The molecule has 0 N–H and O–H groups in total. The van der Waals surface area contributed by atoms with E-state index in [4.69, 9.17) is 4.74 Å². The highest BCUT2D eigenvalue weighted by molar-refractivity contribution is 7.91. The van der Waals surface area contributed by atoms with Crippen LogP contribution in [0.3, 0.4) is 0 Å². The Morgan fingerprint density at radius 2 is 2.17 bits per heavy atom. The zero-order valence-electron chi connectivity index (χ0n) is 10.7. The minimum absolute atomic E-state index is 0.385. The molecule has 0 bridgehead atoms. The fraction of sp³-hybridized carbons (Fsp3) is 0.417. The molecule has 0 radical (unpaired) electrons. The molecule has 18 heavy (non-hydrogen) atoms. The Kier molecular flexibility index (Phi) is 3.41. The maximum atomic E-state index is 11.9. The average molecular weight is 268 g/mol. The molecule has 0 aliphatic heterocycles. The number of methoxy groups -OCH3 is 1. The van der Waals surface area contributed by atoms with Gasteiger partial charge in [-0.2, -0.15) is 0 Å². The predicted molar refractivity (Wildman–Crippen MR) is 69.5 cm³/mol. The standard InChI is InChI=1S/C12H16N2O3S/c1-9-12(18(3,15)16)10-4-5-13-8-11(10)14(9)6-7-17-2/h4-5,8H,6-7H2,1-3H3. The first-order valence-corrected chi connectivity index (χ1v) is 7.47. The van der Waals surface area contributed by atoms with E-state index in [-0.39, 0.29) is 0 Å². The maximum absolute atomic E-state index is 11.9. The Balaban J connectivity index is 2.76. The number of sulfone groups is 1. The van der Waals surface area contributed by atoms with Gasteiger partial charge in [-0.05, 0) is 13.0 Å². The number of pyridine rings is 1. The summed E-state index contributed by atoms with van der Waals surface area (Å²) >= 11 is 0. The van der Waals surface area contributed by atoms with Gasteiger partial charge in [0.1, 0.15) is 0 Å². The third-order valence-corrected chi connectivity index (χ3v) is 4.22. The molecular weight excluding hydrogens is 252 g/mol. The summed E-state index contributed by atoms with van der Waals surface area (Å²) in [5.41, 5.74) is 1.56. The molecule has 2 aromatic rings. The highest BCUT2D eigenvalue weighted by atomic mass is 32.2. The second-order valence-corrected chi connectivity index (χ2v) is 6.18. The molecule has 2 aromatic heterocycles. The van der Waals surface area contributed by atoms with Crippen LogP contribution in [0.25, 0.3) is 10.9 Å². The van der Waals surface area contributed by atoms with Gasteiger partial charge in [-0.25, -0.2) is 8.42 Å². The van der Waals surface area contributed by atoms with E-state index in [0.29, 0.717) is 18.0 Å². The fourth-order valence-corrected chi connectivity index (χ4v) is 3.45. The lowest BCUT2D eigenvalue weighted by Crippen LogP contribution is -2.07. The van der Waals surface area contributed by atoms with Crippen LogP contribution in [0.5, 0.6) is 0 Å². The molecule has 2 heterocycles. The smallest absolute Gasteiger partial charge is 0.177 e. The Hall–Kier alpha value is -1.40. The van der Waals surface area contributed by atoms with Crippen LogP contribution in [0.4, 0.5) is 0 Å². The summed E-state index contributed by atoms with van der Waals surface area (Å²) in [6.45, 7) is 2.95. The van der Waals surface area contributed by atoms with Crippen molar-refractivity contribution < 1.29 is 13.2 Å². The Morgan fingerprint density at radius 3 is 2.78 bits per heavy atom. The van der Waals surface area contributed by atoms with E-state index in [0.717, 1.165) is 16.6 Å². The van der Waals surface area contributed by atoms with Crippen molar-refractivity contribution in [2.45, 2.75) is 18.4 Å². The number of hydrogen-bond acceptors (Lipinski definition) is 4. The van der Waals surface area contributed by atoms with E-state index in [9.17, 15) is 8.42 Å². The van der Waals surface area contributed by atoms with Crippen LogP contribution in [0.15, 0.2) is 23.4 Å². The molecule has 98 valence electrons. The van der Waals surface area contributed by atoms with Gasteiger partial charge in [0.05, 0.1) is 23.2 Å².